The molecule has 0 saturated carbocycles. The van der Waals surface area contributed by atoms with E-state index in [9.17, 15) is 9.90 Å². The minimum Gasteiger partial charge on any atom is -0.392 e. The third-order valence-corrected chi connectivity index (χ3v) is 4.60. The molecule has 1 aromatic rings. The van der Waals surface area contributed by atoms with Crippen molar-refractivity contribution >= 4 is 5.91 Å². The molecule has 0 aliphatic carbocycles. The van der Waals surface area contributed by atoms with Gasteiger partial charge in [0, 0.05) is 38.6 Å². The Kier molecular flexibility index (Phi) is 3.76. The van der Waals surface area contributed by atoms with E-state index in [0.717, 1.165) is 39.0 Å². The first kappa shape index (κ1) is 13.6. The zero-order valence-corrected chi connectivity index (χ0v) is 11.7. The number of aliphatic hydroxyl groups is 1. The maximum absolute atomic E-state index is 12.2. The van der Waals surface area contributed by atoms with E-state index in [1.54, 1.807) is 6.20 Å². The van der Waals surface area contributed by atoms with Crippen LogP contribution >= 0.6 is 0 Å². The summed E-state index contributed by atoms with van der Waals surface area (Å²) in [7, 11) is 0. The van der Waals surface area contributed by atoms with Crippen LogP contribution in [0.25, 0.3) is 0 Å². The molecule has 1 amide bonds. The lowest BCUT2D eigenvalue weighted by molar-refractivity contribution is -0.149. The van der Waals surface area contributed by atoms with Crippen LogP contribution < -0.4 is 5.32 Å². The Hall–Kier alpha value is -1.40. The van der Waals surface area contributed by atoms with Gasteiger partial charge < -0.3 is 15.3 Å². The van der Waals surface area contributed by atoms with Crippen LogP contribution in [0, 0.1) is 5.41 Å². The molecule has 2 fully saturated rings. The summed E-state index contributed by atoms with van der Waals surface area (Å²) < 4.78 is 1.90. The van der Waals surface area contributed by atoms with Crippen LogP contribution in [0.1, 0.15) is 19.3 Å². The monoisotopic (exact) mass is 278 g/mol. The van der Waals surface area contributed by atoms with Gasteiger partial charge in [0.2, 0.25) is 5.91 Å². The molecule has 2 atom stereocenters. The minimum atomic E-state index is -0.597. The second-order valence-electron chi connectivity index (χ2n) is 5.87. The summed E-state index contributed by atoms with van der Waals surface area (Å²) in [6.07, 6.45) is 5.63. The Morgan fingerprint density at radius 1 is 1.50 bits per heavy atom. The van der Waals surface area contributed by atoms with Crippen LogP contribution in [-0.4, -0.2) is 58.0 Å². The predicted octanol–water partition coefficient (Wildman–Crippen LogP) is -0.154. The van der Waals surface area contributed by atoms with Crippen LogP contribution in [0.2, 0.25) is 0 Å². The van der Waals surface area contributed by atoms with E-state index >= 15 is 0 Å². The standard InChI is InChI=1S/C14H22N4O2/c19-12-3-8-17(9-10-18-7-2-6-16-18)11-14(12)4-1-5-15-13(14)20/h2,6-7,12,19H,1,3-5,8-11H2,(H,15,20)/t12-,14-/m1/s1. The summed E-state index contributed by atoms with van der Waals surface area (Å²) >= 11 is 0. The molecule has 6 heteroatoms. The first-order valence-electron chi connectivity index (χ1n) is 7.37. The topological polar surface area (TPSA) is 70.4 Å². The minimum absolute atomic E-state index is 0.0278. The van der Waals surface area contributed by atoms with E-state index in [-0.39, 0.29) is 5.91 Å². The molecule has 1 spiro atoms. The molecule has 2 aliphatic heterocycles. The molecule has 0 radical (unpaired) electrons. The largest absolute Gasteiger partial charge is 0.392 e. The predicted molar refractivity (Wildman–Crippen MR) is 74.0 cm³/mol. The Morgan fingerprint density at radius 2 is 2.40 bits per heavy atom. The molecule has 20 heavy (non-hydrogen) atoms. The average Bonchev–Trinajstić information content (AvgIpc) is 2.96. The molecule has 3 rings (SSSR count). The Balaban J connectivity index is 1.65. The molecule has 0 bridgehead atoms. The molecule has 2 saturated heterocycles. The normalized spacial score (nSPS) is 31.4. The van der Waals surface area contributed by atoms with Gasteiger partial charge in [-0.1, -0.05) is 0 Å². The van der Waals surface area contributed by atoms with Crippen molar-refractivity contribution in [2.24, 2.45) is 5.41 Å². The van der Waals surface area contributed by atoms with Crippen molar-refractivity contribution in [3.8, 4) is 0 Å². The van der Waals surface area contributed by atoms with Crippen molar-refractivity contribution in [3.63, 3.8) is 0 Å². The van der Waals surface area contributed by atoms with Gasteiger partial charge in [0.25, 0.3) is 0 Å². The fourth-order valence-corrected chi connectivity index (χ4v) is 3.40. The zero-order valence-electron chi connectivity index (χ0n) is 11.7. The summed E-state index contributed by atoms with van der Waals surface area (Å²) in [5, 5.41) is 17.4. The SMILES string of the molecule is O=C1NCCC[C@]12CN(CCn1cccn1)CC[C@H]2O. The molecule has 0 unspecified atom stereocenters. The summed E-state index contributed by atoms with van der Waals surface area (Å²) in [6, 6.07) is 1.91. The first-order chi connectivity index (χ1) is 9.71. The van der Waals surface area contributed by atoms with Crippen molar-refractivity contribution < 1.29 is 9.90 Å². The van der Waals surface area contributed by atoms with Gasteiger partial charge in [-0.05, 0) is 25.3 Å². The van der Waals surface area contributed by atoms with E-state index in [4.69, 9.17) is 0 Å². The van der Waals surface area contributed by atoms with Gasteiger partial charge >= 0.3 is 0 Å². The molecule has 2 N–H and O–H groups in total. The zero-order chi connectivity index (χ0) is 14.0. The lowest BCUT2D eigenvalue weighted by Gasteiger charge is -2.46. The Labute approximate surface area is 118 Å². The smallest absolute Gasteiger partial charge is 0.230 e. The highest BCUT2D eigenvalue weighted by Crippen LogP contribution is 2.37. The number of aromatic nitrogens is 2. The summed E-state index contributed by atoms with van der Waals surface area (Å²) in [5.41, 5.74) is -0.597. The van der Waals surface area contributed by atoms with Gasteiger partial charge in [0.1, 0.15) is 0 Å². The van der Waals surface area contributed by atoms with Crippen LogP contribution in [0.5, 0.6) is 0 Å². The molecule has 6 nitrogen and oxygen atoms in total. The first-order valence-corrected chi connectivity index (χ1v) is 7.37. The van der Waals surface area contributed by atoms with Crippen molar-refractivity contribution in [3.05, 3.63) is 18.5 Å². The summed E-state index contributed by atoms with van der Waals surface area (Å²) in [6.45, 7) is 3.92. The number of likely N-dealkylation sites (tertiary alicyclic amines) is 1. The van der Waals surface area contributed by atoms with E-state index in [1.165, 1.54) is 0 Å². The van der Waals surface area contributed by atoms with Crippen LogP contribution in [0.4, 0.5) is 0 Å². The number of hydrogen-bond acceptors (Lipinski definition) is 4. The van der Waals surface area contributed by atoms with Gasteiger partial charge in [-0.3, -0.25) is 9.48 Å². The average molecular weight is 278 g/mol. The van der Waals surface area contributed by atoms with E-state index in [0.29, 0.717) is 13.0 Å². The van der Waals surface area contributed by atoms with Crippen LogP contribution in [-0.2, 0) is 11.3 Å². The number of rotatable bonds is 3. The van der Waals surface area contributed by atoms with Crippen LogP contribution in [0.15, 0.2) is 18.5 Å². The van der Waals surface area contributed by atoms with Crippen molar-refractivity contribution in [2.45, 2.75) is 31.9 Å². The van der Waals surface area contributed by atoms with Gasteiger partial charge in [0.05, 0.1) is 18.1 Å². The van der Waals surface area contributed by atoms with Gasteiger partial charge in [0.15, 0.2) is 0 Å². The molecular weight excluding hydrogens is 256 g/mol. The van der Waals surface area contributed by atoms with Gasteiger partial charge in [-0.25, -0.2) is 0 Å². The highest BCUT2D eigenvalue weighted by atomic mass is 16.3. The molecule has 0 aromatic carbocycles. The van der Waals surface area contributed by atoms with Crippen molar-refractivity contribution in [2.75, 3.05) is 26.2 Å². The lowest BCUT2D eigenvalue weighted by atomic mass is 9.71. The molecule has 3 heterocycles. The number of carbonyl (C=O) groups excluding carboxylic acids is 1. The second-order valence-corrected chi connectivity index (χ2v) is 5.87. The van der Waals surface area contributed by atoms with Gasteiger partial charge in [-0.2, -0.15) is 5.10 Å². The van der Waals surface area contributed by atoms with Crippen molar-refractivity contribution in [1.29, 1.82) is 0 Å². The molecule has 2 aliphatic rings. The quantitative estimate of drug-likeness (QED) is 0.806. The lowest BCUT2D eigenvalue weighted by Crippen LogP contribution is -2.61. The molecule has 110 valence electrons. The van der Waals surface area contributed by atoms with E-state index in [2.05, 4.69) is 15.3 Å². The van der Waals surface area contributed by atoms with Gasteiger partial charge in [-0.15, -0.1) is 0 Å². The Bertz CT molecular complexity index is 462. The van der Waals surface area contributed by atoms with E-state index in [1.807, 2.05) is 16.9 Å². The summed E-state index contributed by atoms with van der Waals surface area (Å²) in [5.74, 6) is 0.0278. The van der Waals surface area contributed by atoms with Crippen molar-refractivity contribution in [1.82, 2.24) is 20.0 Å². The molecule has 1 aromatic heterocycles. The highest BCUT2D eigenvalue weighted by molar-refractivity contribution is 5.84. The number of piperidine rings is 2. The number of nitrogens with one attached hydrogen (secondary N) is 1. The van der Waals surface area contributed by atoms with Crippen LogP contribution in [0.3, 0.4) is 0 Å². The second kappa shape index (κ2) is 5.54. The number of hydrogen-bond donors (Lipinski definition) is 2. The number of nitrogens with zero attached hydrogens (tertiary/aromatic N) is 3. The maximum atomic E-state index is 12.2. The number of carbonyl (C=O) groups is 1. The summed E-state index contributed by atoms with van der Waals surface area (Å²) in [4.78, 5) is 14.5. The van der Waals surface area contributed by atoms with E-state index < -0.39 is 11.5 Å². The Morgan fingerprint density at radius 3 is 3.15 bits per heavy atom. The third kappa shape index (κ3) is 2.45. The number of aliphatic hydroxyl groups excluding tert-OH is 1. The fraction of sp³-hybridized carbons (Fsp3) is 0.714. The molecular formula is C14H22N4O2. The number of amides is 1. The fourth-order valence-electron chi connectivity index (χ4n) is 3.40. The highest BCUT2D eigenvalue weighted by Gasteiger charge is 2.49. The maximum Gasteiger partial charge on any atom is 0.230 e. The third-order valence-electron chi connectivity index (χ3n) is 4.60.